The van der Waals surface area contributed by atoms with Crippen molar-refractivity contribution in [2.45, 2.75) is 13.3 Å². The number of aryl methyl sites for hydroxylation is 1. The predicted octanol–water partition coefficient (Wildman–Crippen LogP) is 3.96. The van der Waals surface area contributed by atoms with E-state index in [2.05, 4.69) is 39.7 Å². The lowest BCUT2D eigenvalue weighted by atomic mass is 10.1. The smallest absolute Gasteiger partial charge is 0.251 e. The second-order valence-corrected chi connectivity index (χ2v) is 6.46. The van der Waals surface area contributed by atoms with Gasteiger partial charge < -0.3 is 15.4 Å². The van der Waals surface area contributed by atoms with Gasteiger partial charge in [0.25, 0.3) is 5.91 Å². The molecule has 0 aliphatic heterocycles. The Labute approximate surface area is 165 Å². The van der Waals surface area contributed by atoms with E-state index in [0.717, 1.165) is 23.4 Å². The first-order valence-electron chi connectivity index (χ1n) is 9.19. The third-order valence-corrected chi connectivity index (χ3v) is 4.24. The maximum atomic E-state index is 12.1. The predicted molar refractivity (Wildman–Crippen MR) is 111 cm³/mol. The number of ether oxygens (including phenoxy) is 1. The first kappa shape index (κ1) is 19.5. The van der Waals surface area contributed by atoms with Crippen LogP contribution in [-0.4, -0.2) is 36.1 Å². The Kier molecular flexibility index (Phi) is 6.70. The molecule has 0 unspecified atom stereocenters. The van der Waals surface area contributed by atoms with Gasteiger partial charge in [-0.2, -0.15) is 0 Å². The molecule has 0 bridgehead atoms. The van der Waals surface area contributed by atoms with Crippen LogP contribution in [0.3, 0.4) is 0 Å². The summed E-state index contributed by atoms with van der Waals surface area (Å²) in [5, 5.41) is 6.12. The fraction of sp³-hybridized carbons (Fsp3) is 0.227. The van der Waals surface area contributed by atoms with Crippen LogP contribution in [0.5, 0.6) is 0 Å². The molecule has 2 aromatic carbocycles. The lowest BCUT2D eigenvalue weighted by Crippen LogP contribution is -2.25. The molecule has 0 fully saturated rings. The fourth-order valence-corrected chi connectivity index (χ4v) is 2.68. The van der Waals surface area contributed by atoms with Crippen molar-refractivity contribution in [3.63, 3.8) is 0 Å². The Balaban J connectivity index is 1.63. The second-order valence-electron chi connectivity index (χ2n) is 6.46. The lowest BCUT2D eigenvalue weighted by Gasteiger charge is -2.09. The summed E-state index contributed by atoms with van der Waals surface area (Å²) in [7, 11) is 1.65. The van der Waals surface area contributed by atoms with Crippen molar-refractivity contribution in [1.29, 1.82) is 0 Å². The Morgan fingerprint density at radius 1 is 1.04 bits per heavy atom. The highest BCUT2D eigenvalue weighted by Gasteiger charge is 2.06. The molecule has 0 atom stereocenters. The van der Waals surface area contributed by atoms with E-state index in [0.29, 0.717) is 24.5 Å². The summed E-state index contributed by atoms with van der Waals surface area (Å²) in [5.41, 5.74) is 4.57. The van der Waals surface area contributed by atoms with Crippen molar-refractivity contribution in [3.05, 3.63) is 72.1 Å². The van der Waals surface area contributed by atoms with Crippen LogP contribution in [0, 0.1) is 6.92 Å². The number of methoxy groups -OCH3 is 1. The molecular formula is C22H24N4O2. The number of nitrogens with zero attached hydrogens (tertiary/aromatic N) is 2. The molecule has 1 aromatic heterocycles. The van der Waals surface area contributed by atoms with E-state index in [1.165, 1.54) is 5.56 Å². The number of anilines is 2. The first-order valence-corrected chi connectivity index (χ1v) is 9.19. The first-order chi connectivity index (χ1) is 13.7. The van der Waals surface area contributed by atoms with E-state index in [4.69, 9.17) is 4.74 Å². The number of hydrogen-bond donors (Lipinski definition) is 2. The fourth-order valence-electron chi connectivity index (χ4n) is 2.68. The number of carbonyl (C=O) groups excluding carboxylic acids is 1. The van der Waals surface area contributed by atoms with Gasteiger partial charge in [-0.3, -0.25) is 4.79 Å². The van der Waals surface area contributed by atoms with Gasteiger partial charge in [-0.1, -0.05) is 29.8 Å². The monoisotopic (exact) mass is 376 g/mol. The zero-order valence-electron chi connectivity index (χ0n) is 16.1. The minimum Gasteiger partial charge on any atom is -0.385 e. The highest BCUT2D eigenvalue weighted by atomic mass is 16.5. The number of nitrogens with one attached hydrogen (secondary N) is 2. The van der Waals surface area contributed by atoms with Crippen molar-refractivity contribution in [2.24, 2.45) is 0 Å². The normalized spacial score (nSPS) is 10.5. The van der Waals surface area contributed by atoms with Gasteiger partial charge in [-0.15, -0.1) is 0 Å². The topological polar surface area (TPSA) is 76.1 Å². The molecule has 0 aliphatic carbocycles. The summed E-state index contributed by atoms with van der Waals surface area (Å²) < 4.78 is 4.97. The van der Waals surface area contributed by atoms with Crippen LogP contribution in [0.15, 0.2) is 60.9 Å². The summed E-state index contributed by atoms with van der Waals surface area (Å²) >= 11 is 0. The third-order valence-electron chi connectivity index (χ3n) is 4.24. The van der Waals surface area contributed by atoms with Gasteiger partial charge in [0, 0.05) is 43.1 Å². The molecule has 0 radical (unpaired) electrons. The van der Waals surface area contributed by atoms with E-state index in [1.54, 1.807) is 25.6 Å². The Morgan fingerprint density at radius 2 is 1.79 bits per heavy atom. The van der Waals surface area contributed by atoms with Gasteiger partial charge >= 0.3 is 0 Å². The van der Waals surface area contributed by atoms with Crippen molar-refractivity contribution < 1.29 is 9.53 Å². The summed E-state index contributed by atoms with van der Waals surface area (Å²) in [5.74, 6) is 0.605. The molecule has 144 valence electrons. The Bertz CT molecular complexity index is 909. The van der Waals surface area contributed by atoms with Crippen LogP contribution < -0.4 is 10.6 Å². The van der Waals surface area contributed by atoms with Crippen molar-refractivity contribution in [1.82, 2.24) is 15.3 Å². The van der Waals surface area contributed by atoms with Crippen LogP contribution in [0.25, 0.3) is 11.3 Å². The molecule has 6 heteroatoms. The van der Waals surface area contributed by atoms with Gasteiger partial charge in [0.2, 0.25) is 0 Å². The standard InChI is InChI=1S/C22H24N4O2/c1-16-4-6-17(7-5-16)20-14-21(25-15-24-20)26-19-10-8-18(9-11-19)22(27)23-12-3-13-28-2/h4-11,14-15H,3,12-13H2,1-2H3,(H,23,27)(H,24,25,26). The van der Waals surface area contributed by atoms with Gasteiger partial charge in [0.05, 0.1) is 5.69 Å². The molecule has 0 aliphatic rings. The van der Waals surface area contributed by atoms with Crippen LogP contribution >= 0.6 is 0 Å². The largest absolute Gasteiger partial charge is 0.385 e. The van der Waals surface area contributed by atoms with E-state index in [-0.39, 0.29) is 5.91 Å². The minimum absolute atomic E-state index is 0.0913. The number of benzene rings is 2. The Morgan fingerprint density at radius 3 is 2.50 bits per heavy atom. The molecule has 0 saturated heterocycles. The third kappa shape index (κ3) is 5.37. The number of rotatable bonds is 8. The number of aromatic nitrogens is 2. The van der Waals surface area contributed by atoms with E-state index >= 15 is 0 Å². The van der Waals surface area contributed by atoms with Gasteiger partial charge in [-0.05, 0) is 37.6 Å². The van der Waals surface area contributed by atoms with E-state index in [9.17, 15) is 4.79 Å². The average molecular weight is 376 g/mol. The quantitative estimate of drug-likeness (QED) is 0.582. The zero-order chi connectivity index (χ0) is 19.8. The Hall–Kier alpha value is -3.25. The van der Waals surface area contributed by atoms with Crippen molar-refractivity contribution in [2.75, 3.05) is 25.6 Å². The molecule has 1 amide bonds. The van der Waals surface area contributed by atoms with Gasteiger partial charge in [-0.25, -0.2) is 9.97 Å². The SMILES string of the molecule is COCCCNC(=O)c1ccc(Nc2cc(-c3ccc(C)cc3)ncn2)cc1. The number of amides is 1. The molecule has 1 heterocycles. The summed E-state index contributed by atoms with van der Waals surface area (Å²) in [6, 6.07) is 17.4. The molecule has 6 nitrogen and oxygen atoms in total. The lowest BCUT2D eigenvalue weighted by molar-refractivity contribution is 0.0948. The number of carbonyl (C=O) groups is 1. The van der Waals surface area contributed by atoms with Gasteiger partial charge in [0.15, 0.2) is 0 Å². The molecule has 0 saturated carbocycles. The zero-order valence-corrected chi connectivity index (χ0v) is 16.1. The van der Waals surface area contributed by atoms with Crippen LogP contribution in [0.1, 0.15) is 22.3 Å². The summed E-state index contributed by atoms with van der Waals surface area (Å²) in [6.07, 6.45) is 2.33. The maximum absolute atomic E-state index is 12.1. The number of hydrogen-bond acceptors (Lipinski definition) is 5. The molecule has 28 heavy (non-hydrogen) atoms. The molecule has 2 N–H and O–H groups in total. The second kappa shape index (κ2) is 9.62. The minimum atomic E-state index is -0.0913. The van der Waals surface area contributed by atoms with Gasteiger partial charge in [0.1, 0.15) is 12.1 Å². The van der Waals surface area contributed by atoms with Crippen LogP contribution in [0.2, 0.25) is 0 Å². The van der Waals surface area contributed by atoms with E-state index in [1.807, 2.05) is 30.3 Å². The highest BCUT2D eigenvalue weighted by Crippen LogP contribution is 2.21. The molecular weight excluding hydrogens is 352 g/mol. The summed E-state index contributed by atoms with van der Waals surface area (Å²) in [6.45, 7) is 3.28. The van der Waals surface area contributed by atoms with Crippen LogP contribution in [0.4, 0.5) is 11.5 Å². The molecule has 0 spiro atoms. The van der Waals surface area contributed by atoms with Crippen molar-refractivity contribution >= 4 is 17.4 Å². The molecule has 3 rings (SSSR count). The maximum Gasteiger partial charge on any atom is 0.251 e. The van der Waals surface area contributed by atoms with Crippen molar-refractivity contribution in [3.8, 4) is 11.3 Å². The van der Waals surface area contributed by atoms with Crippen LogP contribution in [-0.2, 0) is 4.74 Å². The van der Waals surface area contributed by atoms with E-state index < -0.39 is 0 Å². The average Bonchev–Trinajstić information content (AvgIpc) is 2.72. The highest BCUT2D eigenvalue weighted by molar-refractivity contribution is 5.94. The molecule has 3 aromatic rings. The summed E-state index contributed by atoms with van der Waals surface area (Å²) in [4.78, 5) is 20.7.